The molecule has 17 heavy (non-hydrogen) atoms. The van der Waals surface area contributed by atoms with Gasteiger partial charge in [0.15, 0.2) is 5.82 Å². The number of rotatable bonds is 3. The standard InChI is InChI=1S/C12H19N3OS/c13-7-8-3-1-4-9(8)12-14-11(15-16-12)10-5-2-6-17-10/h8-10H,1-7,13H2. The van der Waals surface area contributed by atoms with Gasteiger partial charge in [-0.2, -0.15) is 16.7 Å². The summed E-state index contributed by atoms with van der Waals surface area (Å²) in [5.41, 5.74) is 5.80. The zero-order valence-corrected chi connectivity index (χ0v) is 10.8. The van der Waals surface area contributed by atoms with E-state index in [0.717, 1.165) is 24.7 Å². The topological polar surface area (TPSA) is 64.9 Å². The minimum absolute atomic E-state index is 0.410. The van der Waals surface area contributed by atoms with Crippen LogP contribution in [0.5, 0.6) is 0 Å². The molecule has 1 saturated heterocycles. The fourth-order valence-electron chi connectivity index (χ4n) is 2.95. The molecule has 4 nitrogen and oxygen atoms in total. The van der Waals surface area contributed by atoms with Crippen molar-refractivity contribution in [3.63, 3.8) is 0 Å². The minimum Gasteiger partial charge on any atom is -0.339 e. The number of hydrogen-bond acceptors (Lipinski definition) is 5. The Kier molecular flexibility index (Phi) is 3.38. The van der Waals surface area contributed by atoms with Crippen LogP contribution in [0.3, 0.4) is 0 Å². The van der Waals surface area contributed by atoms with Crippen LogP contribution in [0.4, 0.5) is 0 Å². The van der Waals surface area contributed by atoms with Crippen molar-refractivity contribution in [2.45, 2.75) is 43.3 Å². The highest BCUT2D eigenvalue weighted by Crippen LogP contribution is 2.41. The Hall–Kier alpha value is -0.550. The largest absolute Gasteiger partial charge is 0.339 e. The lowest BCUT2D eigenvalue weighted by Crippen LogP contribution is -2.17. The van der Waals surface area contributed by atoms with Crippen LogP contribution in [-0.4, -0.2) is 22.4 Å². The van der Waals surface area contributed by atoms with Gasteiger partial charge >= 0.3 is 0 Å². The average Bonchev–Trinajstić information content (AvgIpc) is 3.09. The Morgan fingerprint density at radius 3 is 3.00 bits per heavy atom. The van der Waals surface area contributed by atoms with Gasteiger partial charge in [-0.3, -0.25) is 0 Å². The van der Waals surface area contributed by atoms with E-state index in [9.17, 15) is 0 Å². The molecule has 2 N–H and O–H groups in total. The lowest BCUT2D eigenvalue weighted by molar-refractivity contribution is 0.323. The molecule has 1 aromatic rings. The average molecular weight is 253 g/mol. The zero-order chi connectivity index (χ0) is 11.7. The summed E-state index contributed by atoms with van der Waals surface area (Å²) in [5, 5.41) is 4.63. The van der Waals surface area contributed by atoms with Gasteiger partial charge in [0, 0.05) is 5.92 Å². The maximum atomic E-state index is 5.80. The lowest BCUT2D eigenvalue weighted by atomic mass is 9.96. The summed E-state index contributed by atoms with van der Waals surface area (Å²) in [5.74, 6) is 3.92. The number of nitrogens with two attached hydrogens (primary N) is 1. The predicted molar refractivity (Wildman–Crippen MR) is 67.9 cm³/mol. The van der Waals surface area contributed by atoms with E-state index in [1.807, 2.05) is 11.8 Å². The summed E-state index contributed by atoms with van der Waals surface area (Å²) in [6.45, 7) is 0.737. The molecular weight excluding hydrogens is 234 g/mol. The Balaban J connectivity index is 1.75. The smallest absolute Gasteiger partial charge is 0.230 e. The van der Waals surface area contributed by atoms with Gasteiger partial charge in [-0.1, -0.05) is 11.6 Å². The molecule has 1 aliphatic carbocycles. The summed E-state index contributed by atoms with van der Waals surface area (Å²) in [6, 6.07) is 0. The monoisotopic (exact) mass is 253 g/mol. The van der Waals surface area contributed by atoms with Crippen molar-refractivity contribution >= 4 is 11.8 Å². The molecule has 94 valence electrons. The van der Waals surface area contributed by atoms with Crippen LogP contribution in [0.2, 0.25) is 0 Å². The highest BCUT2D eigenvalue weighted by atomic mass is 32.2. The Bertz CT molecular complexity index is 376. The number of thioether (sulfide) groups is 1. The fraction of sp³-hybridized carbons (Fsp3) is 0.833. The first-order chi connectivity index (χ1) is 8.38. The van der Waals surface area contributed by atoms with E-state index in [4.69, 9.17) is 10.3 Å². The number of hydrogen-bond donors (Lipinski definition) is 1. The van der Waals surface area contributed by atoms with Gasteiger partial charge in [0.25, 0.3) is 0 Å². The molecule has 0 aromatic carbocycles. The second kappa shape index (κ2) is 4.98. The molecule has 1 aromatic heterocycles. The normalized spacial score (nSPS) is 33.4. The van der Waals surface area contributed by atoms with Crippen LogP contribution in [-0.2, 0) is 0 Å². The van der Waals surface area contributed by atoms with Crippen molar-refractivity contribution in [3.8, 4) is 0 Å². The molecule has 0 bridgehead atoms. The molecule has 0 spiro atoms. The van der Waals surface area contributed by atoms with E-state index < -0.39 is 0 Å². The second-order valence-corrected chi connectivity index (χ2v) is 6.34. The Morgan fingerprint density at radius 2 is 2.24 bits per heavy atom. The molecule has 0 amide bonds. The van der Waals surface area contributed by atoms with Gasteiger partial charge in [-0.25, -0.2) is 0 Å². The van der Waals surface area contributed by atoms with Gasteiger partial charge in [0.2, 0.25) is 5.89 Å². The van der Waals surface area contributed by atoms with Crippen molar-refractivity contribution < 1.29 is 4.52 Å². The third-order valence-electron chi connectivity index (χ3n) is 3.95. The van der Waals surface area contributed by atoms with E-state index in [-0.39, 0.29) is 0 Å². The van der Waals surface area contributed by atoms with Gasteiger partial charge in [0.1, 0.15) is 0 Å². The third-order valence-corrected chi connectivity index (χ3v) is 5.33. The third kappa shape index (κ3) is 2.22. The van der Waals surface area contributed by atoms with Crippen molar-refractivity contribution in [1.82, 2.24) is 10.1 Å². The molecule has 3 atom stereocenters. The minimum atomic E-state index is 0.410. The van der Waals surface area contributed by atoms with Gasteiger partial charge in [-0.05, 0) is 43.9 Å². The first-order valence-electron chi connectivity index (χ1n) is 6.53. The highest BCUT2D eigenvalue weighted by molar-refractivity contribution is 7.99. The van der Waals surface area contributed by atoms with Crippen molar-refractivity contribution in [3.05, 3.63) is 11.7 Å². The summed E-state index contributed by atoms with van der Waals surface area (Å²) in [6.07, 6.45) is 6.06. The molecule has 0 radical (unpaired) electrons. The van der Waals surface area contributed by atoms with Gasteiger partial charge in [0.05, 0.1) is 5.25 Å². The van der Waals surface area contributed by atoms with E-state index in [2.05, 4.69) is 10.1 Å². The fourth-order valence-corrected chi connectivity index (χ4v) is 4.15. The molecule has 2 aliphatic rings. The summed E-state index contributed by atoms with van der Waals surface area (Å²) in [4.78, 5) is 4.62. The van der Waals surface area contributed by atoms with Crippen LogP contribution in [0, 0.1) is 5.92 Å². The Morgan fingerprint density at radius 1 is 1.29 bits per heavy atom. The lowest BCUT2D eigenvalue weighted by Gasteiger charge is -2.12. The molecule has 1 aliphatic heterocycles. The highest BCUT2D eigenvalue weighted by Gasteiger charge is 2.33. The first kappa shape index (κ1) is 11.5. The van der Waals surface area contributed by atoms with E-state index in [1.165, 1.54) is 31.4 Å². The molecule has 2 heterocycles. The van der Waals surface area contributed by atoms with Crippen LogP contribution in [0.25, 0.3) is 0 Å². The van der Waals surface area contributed by atoms with Gasteiger partial charge in [-0.15, -0.1) is 0 Å². The molecule has 1 saturated carbocycles. The first-order valence-corrected chi connectivity index (χ1v) is 7.58. The van der Waals surface area contributed by atoms with E-state index in [1.54, 1.807) is 0 Å². The zero-order valence-electron chi connectivity index (χ0n) is 9.97. The molecular formula is C12H19N3OS. The molecule has 3 rings (SSSR count). The van der Waals surface area contributed by atoms with Crippen LogP contribution in [0.1, 0.15) is 55.0 Å². The predicted octanol–water partition coefficient (Wildman–Crippen LogP) is 2.48. The van der Waals surface area contributed by atoms with Gasteiger partial charge < -0.3 is 10.3 Å². The number of nitrogens with zero attached hydrogens (tertiary/aromatic N) is 2. The molecule has 3 unspecified atom stereocenters. The van der Waals surface area contributed by atoms with Crippen molar-refractivity contribution in [2.75, 3.05) is 12.3 Å². The molecule has 2 fully saturated rings. The van der Waals surface area contributed by atoms with Crippen molar-refractivity contribution in [2.24, 2.45) is 11.7 Å². The van der Waals surface area contributed by atoms with Crippen LogP contribution < -0.4 is 5.73 Å². The summed E-state index contributed by atoms with van der Waals surface area (Å²) in [7, 11) is 0. The maximum absolute atomic E-state index is 5.80. The SMILES string of the molecule is NCC1CCCC1c1nc(C2CCCS2)no1. The summed E-state index contributed by atoms with van der Waals surface area (Å²) < 4.78 is 5.46. The van der Waals surface area contributed by atoms with Crippen LogP contribution in [0.15, 0.2) is 4.52 Å². The molecule has 5 heteroatoms. The Labute approximate surface area is 106 Å². The van der Waals surface area contributed by atoms with Crippen LogP contribution >= 0.6 is 11.8 Å². The van der Waals surface area contributed by atoms with E-state index in [0.29, 0.717) is 17.1 Å². The van der Waals surface area contributed by atoms with E-state index >= 15 is 0 Å². The second-order valence-electron chi connectivity index (χ2n) is 5.03. The maximum Gasteiger partial charge on any atom is 0.230 e. The quantitative estimate of drug-likeness (QED) is 0.896. The number of aromatic nitrogens is 2. The summed E-state index contributed by atoms with van der Waals surface area (Å²) >= 11 is 1.95. The van der Waals surface area contributed by atoms with Crippen molar-refractivity contribution in [1.29, 1.82) is 0 Å².